The second kappa shape index (κ2) is 13.1. The van der Waals surface area contributed by atoms with Gasteiger partial charge in [0.15, 0.2) is 5.65 Å². The lowest BCUT2D eigenvalue weighted by atomic mass is 10.1. The predicted molar refractivity (Wildman–Crippen MR) is 174 cm³/mol. The van der Waals surface area contributed by atoms with Gasteiger partial charge in [-0.3, -0.25) is 28.9 Å². The molecule has 0 saturated carbocycles. The highest BCUT2D eigenvalue weighted by molar-refractivity contribution is 6.03. The number of imidazole rings is 2. The van der Waals surface area contributed by atoms with Crippen LogP contribution in [0.4, 0.5) is 11.9 Å². The molecule has 0 radical (unpaired) electrons. The first-order valence-corrected chi connectivity index (χ1v) is 14.9. The summed E-state index contributed by atoms with van der Waals surface area (Å²) in [6, 6.07) is 6.53. The zero-order valence-corrected chi connectivity index (χ0v) is 26.4. The van der Waals surface area contributed by atoms with E-state index in [1.807, 2.05) is 44.4 Å². The zero-order chi connectivity index (χ0) is 33.1. The van der Waals surface area contributed by atoms with Gasteiger partial charge in [0, 0.05) is 38.4 Å². The van der Waals surface area contributed by atoms with E-state index in [1.54, 1.807) is 34.5 Å². The number of primary amides is 2. The van der Waals surface area contributed by atoms with E-state index in [0.717, 1.165) is 6.42 Å². The number of fused-ring (bicyclic) bond motifs is 2. The van der Waals surface area contributed by atoms with Crippen molar-refractivity contribution >= 4 is 51.8 Å². The molecule has 1 aromatic carbocycles. The summed E-state index contributed by atoms with van der Waals surface area (Å²) in [7, 11) is 1.76. The normalized spacial score (nSPS) is 12.2. The summed E-state index contributed by atoms with van der Waals surface area (Å²) in [6.45, 7) is 8.87. The Kier molecular flexibility index (Phi) is 9.02. The molecule has 0 aliphatic heterocycles. The van der Waals surface area contributed by atoms with Gasteiger partial charge in [-0.1, -0.05) is 19.1 Å². The molecule has 46 heavy (non-hydrogen) atoms. The third-order valence-corrected chi connectivity index (χ3v) is 7.49. The summed E-state index contributed by atoms with van der Waals surface area (Å²) in [6.07, 6.45) is 5.88. The van der Waals surface area contributed by atoms with Gasteiger partial charge in [0.25, 0.3) is 5.91 Å². The van der Waals surface area contributed by atoms with Crippen molar-refractivity contribution in [3.8, 4) is 5.75 Å². The average molecular weight is 628 g/mol. The summed E-state index contributed by atoms with van der Waals surface area (Å²) >= 11 is 0. The largest absolute Gasteiger partial charge is 0.488 e. The summed E-state index contributed by atoms with van der Waals surface area (Å²) in [5.74, 6) is -0.273. The van der Waals surface area contributed by atoms with Gasteiger partial charge in [0.2, 0.25) is 23.7 Å². The maximum absolute atomic E-state index is 13.3. The molecular formula is C31H37N11O4. The number of aryl methyl sites for hydroxylation is 2. The molecule has 4 heterocycles. The SMILES string of the molecule is CCC(C)Oc1cc(C(N)=O)cc2nc(NC)n(C/C=C/Cn3c(NC(=O)c4cc(C)nn4CC)nc4cc(C(N)=O)cnc43)c12. The predicted octanol–water partition coefficient (Wildman–Crippen LogP) is 3.23. The number of rotatable bonds is 13. The van der Waals surface area contributed by atoms with Crippen molar-refractivity contribution in [2.75, 3.05) is 17.7 Å². The van der Waals surface area contributed by atoms with Crippen molar-refractivity contribution in [1.29, 1.82) is 0 Å². The van der Waals surface area contributed by atoms with Crippen LogP contribution in [0.25, 0.3) is 22.2 Å². The number of nitrogens with one attached hydrogen (secondary N) is 2. The standard InChI is InChI=1S/C31H37N11O4/c1-6-18(4)46-24-15-19(26(32)43)13-21-25(24)40(30(34-5)36-21)10-8-9-11-41-28-22(14-20(16-35-28)27(33)44)37-31(41)38-29(45)23-12-17(3)39-42(23)7-2/h8-9,12-16,18H,6-7,10-11H2,1-5H3,(H2,32,43)(H2,33,44)(H,34,36)(H,37,38,45)/b9-8+. The summed E-state index contributed by atoms with van der Waals surface area (Å²) in [5, 5.41) is 10.3. The average Bonchev–Trinajstić information content (AvgIpc) is 3.70. The topological polar surface area (TPSA) is 203 Å². The first-order chi connectivity index (χ1) is 22.0. The number of carbonyl (C=O) groups is 3. The number of carbonyl (C=O) groups excluding carboxylic acids is 3. The molecule has 0 fully saturated rings. The number of ether oxygens (including phenoxy) is 1. The van der Waals surface area contributed by atoms with Crippen LogP contribution in [0.5, 0.6) is 5.75 Å². The smallest absolute Gasteiger partial charge is 0.276 e. The molecule has 0 aliphatic rings. The molecule has 1 atom stereocenters. The molecule has 0 bridgehead atoms. The fraction of sp³-hybridized carbons (Fsp3) is 0.323. The molecule has 15 nitrogen and oxygen atoms in total. The number of benzene rings is 1. The molecule has 6 N–H and O–H groups in total. The van der Waals surface area contributed by atoms with Gasteiger partial charge in [0.1, 0.15) is 22.5 Å². The van der Waals surface area contributed by atoms with Crippen LogP contribution in [0.3, 0.4) is 0 Å². The van der Waals surface area contributed by atoms with Crippen molar-refractivity contribution in [3.05, 3.63) is 65.1 Å². The van der Waals surface area contributed by atoms with Crippen molar-refractivity contribution in [2.45, 2.75) is 59.9 Å². The van der Waals surface area contributed by atoms with Gasteiger partial charge < -0.3 is 26.1 Å². The number of hydrogen-bond donors (Lipinski definition) is 4. The monoisotopic (exact) mass is 627 g/mol. The number of hydrogen-bond acceptors (Lipinski definition) is 9. The van der Waals surface area contributed by atoms with Crippen LogP contribution in [0.2, 0.25) is 0 Å². The Labute approximate surface area is 264 Å². The Balaban J connectivity index is 1.49. The lowest BCUT2D eigenvalue weighted by Crippen LogP contribution is -2.20. The minimum Gasteiger partial charge on any atom is -0.488 e. The lowest BCUT2D eigenvalue weighted by molar-refractivity contribution is 0.0991. The van der Waals surface area contributed by atoms with Crippen LogP contribution < -0.4 is 26.8 Å². The number of nitrogens with two attached hydrogens (primary N) is 2. The third kappa shape index (κ3) is 6.24. The number of anilines is 2. The highest BCUT2D eigenvalue weighted by Crippen LogP contribution is 2.32. The molecule has 1 unspecified atom stereocenters. The molecule has 4 aromatic heterocycles. The van der Waals surface area contributed by atoms with Crippen LogP contribution in [0.1, 0.15) is 64.1 Å². The highest BCUT2D eigenvalue weighted by atomic mass is 16.5. The van der Waals surface area contributed by atoms with Gasteiger partial charge in [0.05, 0.1) is 22.9 Å². The molecule has 0 saturated heterocycles. The van der Waals surface area contributed by atoms with E-state index >= 15 is 0 Å². The number of aromatic nitrogens is 7. The molecule has 0 aliphatic carbocycles. The molecule has 15 heteroatoms. The zero-order valence-electron chi connectivity index (χ0n) is 26.4. The number of nitrogens with zero attached hydrogens (tertiary/aromatic N) is 7. The maximum Gasteiger partial charge on any atom is 0.276 e. The number of allylic oxidation sites excluding steroid dienone is 2. The lowest BCUT2D eigenvalue weighted by Gasteiger charge is -2.16. The maximum atomic E-state index is 13.3. The third-order valence-electron chi connectivity index (χ3n) is 7.49. The second-order valence-corrected chi connectivity index (χ2v) is 10.7. The van der Waals surface area contributed by atoms with E-state index in [4.69, 9.17) is 16.2 Å². The van der Waals surface area contributed by atoms with Crippen molar-refractivity contribution in [2.24, 2.45) is 11.5 Å². The van der Waals surface area contributed by atoms with E-state index in [2.05, 4.69) is 30.7 Å². The van der Waals surface area contributed by atoms with Crippen LogP contribution in [0.15, 0.2) is 42.6 Å². The molecule has 240 valence electrons. The summed E-state index contributed by atoms with van der Waals surface area (Å²) < 4.78 is 11.5. The van der Waals surface area contributed by atoms with E-state index < -0.39 is 11.8 Å². The van der Waals surface area contributed by atoms with Crippen LogP contribution in [-0.2, 0) is 19.6 Å². The van der Waals surface area contributed by atoms with Gasteiger partial charge in [-0.15, -0.1) is 0 Å². The van der Waals surface area contributed by atoms with Crippen LogP contribution in [-0.4, -0.2) is 64.7 Å². The molecular weight excluding hydrogens is 590 g/mol. The highest BCUT2D eigenvalue weighted by Gasteiger charge is 2.21. The number of amides is 3. The molecule has 0 spiro atoms. The van der Waals surface area contributed by atoms with E-state index in [9.17, 15) is 14.4 Å². The Morgan fingerprint density at radius 3 is 2.28 bits per heavy atom. The summed E-state index contributed by atoms with van der Waals surface area (Å²) in [5.41, 5.74) is 14.8. The minimum atomic E-state index is -0.635. The van der Waals surface area contributed by atoms with Gasteiger partial charge in [-0.25, -0.2) is 15.0 Å². The quantitative estimate of drug-likeness (QED) is 0.141. The van der Waals surface area contributed by atoms with Crippen molar-refractivity contribution in [1.82, 2.24) is 33.9 Å². The minimum absolute atomic E-state index is 0.103. The van der Waals surface area contributed by atoms with Crippen LogP contribution in [0, 0.1) is 6.92 Å². The Hall–Kier alpha value is -5.73. The van der Waals surface area contributed by atoms with Gasteiger partial charge in [-0.2, -0.15) is 5.10 Å². The van der Waals surface area contributed by atoms with E-state index in [-0.39, 0.29) is 30.1 Å². The fourth-order valence-corrected chi connectivity index (χ4v) is 5.04. The second-order valence-electron chi connectivity index (χ2n) is 10.7. The molecule has 5 aromatic rings. The Morgan fingerprint density at radius 1 is 0.957 bits per heavy atom. The van der Waals surface area contributed by atoms with Crippen molar-refractivity contribution in [3.63, 3.8) is 0 Å². The van der Waals surface area contributed by atoms with E-state index in [1.165, 1.54) is 12.3 Å². The Morgan fingerprint density at radius 2 is 1.63 bits per heavy atom. The van der Waals surface area contributed by atoms with E-state index in [0.29, 0.717) is 63.9 Å². The summed E-state index contributed by atoms with van der Waals surface area (Å²) in [4.78, 5) is 50.8. The first-order valence-electron chi connectivity index (χ1n) is 14.9. The molecule has 3 amide bonds. The number of pyridine rings is 1. The van der Waals surface area contributed by atoms with Gasteiger partial charge >= 0.3 is 0 Å². The van der Waals surface area contributed by atoms with Gasteiger partial charge in [-0.05, 0) is 51.5 Å². The first kappa shape index (κ1) is 31.7. The molecule has 5 rings (SSSR count). The Bertz CT molecular complexity index is 1990. The fourth-order valence-electron chi connectivity index (χ4n) is 5.04. The van der Waals surface area contributed by atoms with Crippen molar-refractivity contribution < 1.29 is 19.1 Å². The van der Waals surface area contributed by atoms with Crippen LogP contribution >= 0.6 is 0 Å².